The summed E-state index contributed by atoms with van der Waals surface area (Å²) in [5.74, 6) is 0. The van der Waals surface area contributed by atoms with Gasteiger partial charge in [-0.1, -0.05) is 127 Å². The van der Waals surface area contributed by atoms with E-state index < -0.39 is 0 Å². The zero-order valence-corrected chi connectivity index (χ0v) is 22.9. The molecule has 0 aliphatic carbocycles. The molecule has 0 spiro atoms. The first-order valence-electron chi connectivity index (χ1n) is 14.2. The second-order valence-corrected chi connectivity index (χ2v) is 10.6. The Morgan fingerprint density at radius 2 is 0.905 bits per heavy atom. The first-order valence-corrected chi connectivity index (χ1v) is 14.2. The Morgan fingerprint density at radius 1 is 0.357 bits per heavy atom. The summed E-state index contributed by atoms with van der Waals surface area (Å²) < 4.78 is 0. The van der Waals surface area contributed by atoms with Gasteiger partial charge in [-0.3, -0.25) is 4.98 Å². The molecule has 196 valence electrons. The molecule has 2 nitrogen and oxygen atoms in total. The quantitative estimate of drug-likeness (QED) is 0.210. The average Bonchev–Trinajstić information content (AvgIpc) is 3.08. The van der Waals surface area contributed by atoms with E-state index in [2.05, 4.69) is 146 Å². The van der Waals surface area contributed by atoms with Gasteiger partial charge in [0.05, 0.1) is 16.7 Å². The minimum atomic E-state index is 0.918. The van der Waals surface area contributed by atoms with E-state index in [0.29, 0.717) is 0 Å². The second-order valence-electron chi connectivity index (χ2n) is 10.6. The fourth-order valence-electron chi connectivity index (χ4n) is 5.99. The lowest BCUT2D eigenvalue weighted by atomic mass is 9.94. The van der Waals surface area contributed by atoms with Crippen molar-refractivity contribution >= 4 is 32.6 Å². The highest BCUT2D eigenvalue weighted by Crippen LogP contribution is 2.38. The van der Waals surface area contributed by atoms with Crippen LogP contribution in [0.4, 0.5) is 0 Å². The first kappa shape index (κ1) is 24.2. The smallest absolute Gasteiger partial charge is 0.0978 e. The van der Waals surface area contributed by atoms with Crippen LogP contribution in [0.25, 0.3) is 77.2 Å². The number of pyridine rings is 2. The number of hydrogen-bond donors (Lipinski definition) is 0. The maximum Gasteiger partial charge on any atom is 0.0978 e. The van der Waals surface area contributed by atoms with Crippen LogP contribution in [0.2, 0.25) is 0 Å². The number of aromatic nitrogens is 2. The molecule has 6 aromatic carbocycles. The van der Waals surface area contributed by atoms with Crippen LogP contribution < -0.4 is 0 Å². The van der Waals surface area contributed by atoms with Gasteiger partial charge in [-0.2, -0.15) is 0 Å². The Hall–Kier alpha value is -5.60. The van der Waals surface area contributed by atoms with E-state index in [1.165, 1.54) is 27.5 Å². The van der Waals surface area contributed by atoms with Crippen molar-refractivity contribution in [1.29, 1.82) is 0 Å². The van der Waals surface area contributed by atoms with Crippen molar-refractivity contribution in [2.45, 2.75) is 0 Å². The second kappa shape index (κ2) is 10.1. The maximum absolute atomic E-state index is 5.30. The number of hydrogen-bond acceptors (Lipinski definition) is 2. The van der Waals surface area contributed by atoms with Gasteiger partial charge >= 0.3 is 0 Å². The summed E-state index contributed by atoms with van der Waals surface area (Å²) in [6.07, 6.45) is 1.90. The molecule has 42 heavy (non-hydrogen) atoms. The SMILES string of the molecule is c1ccc(-c2ccc3cc(-c4cc(-c5ccccc5)c5ccc6c(-c7ccccc7)ccnc6c5n4)ccc3c2)cc1. The van der Waals surface area contributed by atoms with Gasteiger partial charge in [0.2, 0.25) is 0 Å². The van der Waals surface area contributed by atoms with E-state index in [1.807, 2.05) is 12.3 Å². The lowest BCUT2D eigenvalue weighted by molar-refractivity contribution is 1.37. The van der Waals surface area contributed by atoms with Gasteiger partial charge in [0.1, 0.15) is 0 Å². The summed E-state index contributed by atoms with van der Waals surface area (Å²) in [4.78, 5) is 10.2. The molecule has 0 fully saturated rings. The number of benzene rings is 6. The van der Waals surface area contributed by atoms with Crippen molar-refractivity contribution in [3.63, 3.8) is 0 Å². The minimum absolute atomic E-state index is 0.918. The zero-order valence-electron chi connectivity index (χ0n) is 22.9. The van der Waals surface area contributed by atoms with Crippen LogP contribution >= 0.6 is 0 Å². The summed E-state index contributed by atoms with van der Waals surface area (Å²) in [5.41, 5.74) is 11.0. The summed E-state index contributed by atoms with van der Waals surface area (Å²) in [7, 11) is 0. The molecule has 0 aliphatic heterocycles. The summed E-state index contributed by atoms with van der Waals surface area (Å²) >= 11 is 0. The Labute approximate surface area is 244 Å². The van der Waals surface area contributed by atoms with Gasteiger partial charge in [0.15, 0.2) is 0 Å². The van der Waals surface area contributed by atoms with Crippen LogP contribution in [-0.2, 0) is 0 Å². The number of fused-ring (bicyclic) bond motifs is 4. The number of rotatable bonds is 4. The van der Waals surface area contributed by atoms with E-state index >= 15 is 0 Å². The minimum Gasteiger partial charge on any atom is -0.254 e. The van der Waals surface area contributed by atoms with Crippen molar-refractivity contribution in [2.75, 3.05) is 0 Å². The van der Waals surface area contributed by atoms with Gasteiger partial charge in [-0.05, 0) is 68.4 Å². The average molecular weight is 535 g/mol. The topological polar surface area (TPSA) is 25.8 Å². The molecule has 0 atom stereocenters. The maximum atomic E-state index is 5.30. The predicted octanol–water partition coefficient (Wildman–Crippen LogP) is 10.6. The fraction of sp³-hybridized carbons (Fsp3) is 0. The number of nitrogens with zero attached hydrogens (tertiary/aromatic N) is 2. The standard InChI is InChI=1S/C40H26N2/c1-4-10-27(11-5-1)30-16-17-32-25-33(19-18-31(32)24-30)38-26-37(29-14-8-3-9-15-29)36-21-20-35-34(28-12-6-2-7-13-28)22-23-41-39(35)40(36)42-38/h1-26H. The molecule has 0 bridgehead atoms. The molecule has 2 heterocycles. The molecular weight excluding hydrogens is 508 g/mol. The van der Waals surface area contributed by atoms with Crippen LogP contribution in [0, 0.1) is 0 Å². The summed E-state index contributed by atoms with van der Waals surface area (Å²) in [6.45, 7) is 0. The molecule has 0 radical (unpaired) electrons. The van der Waals surface area contributed by atoms with Crippen LogP contribution in [0.1, 0.15) is 0 Å². The molecular formula is C40H26N2. The normalized spacial score (nSPS) is 11.3. The van der Waals surface area contributed by atoms with Crippen molar-refractivity contribution in [3.8, 4) is 44.6 Å². The van der Waals surface area contributed by atoms with Crippen LogP contribution in [-0.4, -0.2) is 9.97 Å². The van der Waals surface area contributed by atoms with Crippen molar-refractivity contribution < 1.29 is 0 Å². The van der Waals surface area contributed by atoms with Gasteiger partial charge in [-0.25, -0.2) is 4.98 Å². The van der Waals surface area contributed by atoms with Crippen LogP contribution in [0.15, 0.2) is 158 Å². The molecule has 8 rings (SSSR count). The van der Waals surface area contributed by atoms with Gasteiger partial charge in [-0.15, -0.1) is 0 Å². The van der Waals surface area contributed by atoms with E-state index in [4.69, 9.17) is 9.97 Å². The highest BCUT2D eigenvalue weighted by atomic mass is 14.8. The molecule has 8 aromatic rings. The van der Waals surface area contributed by atoms with Crippen molar-refractivity contribution in [2.24, 2.45) is 0 Å². The molecule has 0 unspecified atom stereocenters. The fourth-order valence-corrected chi connectivity index (χ4v) is 5.99. The molecule has 0 N–H and O–H groups in total. The Bertz CT molecular complexity index is 2220. The van der Waals surface area contributed by atoms with E-state index in [0.717, 1.165) is 49.8 Å². The van der Waals surface area contributed by atoms with E-state index in [9.17, 15) is 0 Å². The summed E-state index contributed by atoms with van der Waals surface area (Å²) in [6, 6.07) is 53.7. The molecule has 0 aliphatic rings. The molecule has 0 amide bonds. The van der Waals surface area contributed by atoms with Crippen molar-refractivity contribution in [3.05, 3.63) is 158 Å². The Kier molecular flexibility index (Phi) is 5.82. The largest absolute Gasteiger partial charge is 0.254 e. The third kappa shape index (κ3) is 4.22. The molecule has 2 aromatic heterocycles. The zero-order chi connectivity index (χ0) is 27.9. The lowest BCUT2D eigenvalue weighted by Crippen LogP contribution is -1.93. The van der Waals surface area contributed by atoms with Crippen molar-refractivity contribution in [1.82, 2.24) is 9.97 Å². The van der Waals surface area contributed by atoms with Gasteiger partial charge < -0.3 is 0 Å². The highest BCUT2D eigenvalue weighted by Gasteiger charge is 2.15. The molecule has 0 saturated heterocycles. The molecule has 2 heteroatoms. The highest BCUT2D eigenvalue weighted by molar-refractivity contribution is 6.12. The third-order valence-electron chi connectivity index (χ3n) is 8.10. The van der Waals surface area contributed by atoms with E-state index in [1.54, 1.807) is 0 Å². The monoisotopic (exact) mass is 534 g/mol. The van der Waals surface area contributed by atoms with Crippen LogP contribution in [0.5, 0.6) is 0 Å². The molecule has 0 saturated carbocycles. The predicted molar refractivity (Wildman–Crippen MR) is 176 cm³/mol. The summed E-state index contributed by atoms with van der Waals surface area (Å²) in [5, 5.41) is 4.61. The Morgan fingerprint density at radius 3 is 1.57 bits per heavy atom. The Balaban J connectivity index is 1.35. The van der Waals surface area contributed by atoms with Gasteiger partial charge in [0, 0.05) is 22.5 Å². The third-order valence-corrected chi connectivity index (χ3v) is 8.10. The van der Waals surface area contributed by atoms with Gasteiger partial charge in [0.25, 0.3) is 0 Å². The first-order chi connectivity index (χ1) is 20.8. The van der Waals surface area contributed by atoms with E-state index in [-0.39, 0.29) is 0 Å². The van der Waals surface area contributed by atoms with Crippen LogP contribution in [0.3, 0.4) is 0 Å². The lowest BCUT2D eigenvalue weighted by Gasteiger charge is -2.14.